The van der Waals surface area contributed by atoms with Crippen molar-refractivity contribution in [1.82, 2.24) is 9.97 Å². The molecule has 0 fully saturated rings. The van der Waals surface area contributed by atoms with Crippen LogP contribution in [0.5, 0.6) is 11.5 Å². The number of methoxy groups -OCH3 is 2. The van der Waals surface area contributed by atoms with Crippen LogP contribution in [0.2, 0.25) is 0 Å². The monoisotopic (exact) mass is 323 g/mol. The second-order valence-corrected chi connectivity index (χ2v) is 5.00. The summed E-state index contributed by atoms with van der Waals surface area (Å²) >= 11 is 0. The van der Waals surface area contributed by atoms with E-state index < -0.39 is 0 Å². The van der Waals surface area contributed by atoms with Crippen LogP contribution in [0, 0.1) is 17.1 Å². The predicted molar refractivity (Wildman–Crippen MR) is 89.1 cm³/mol. The predicted octanol–water partition coefficient (Wildman–Crippen LogP) is 3.78. The maximum Gasteiger partial charge on any atom is 0.167 e. The lowest BCUT2D eigenvalue weighted by Crippen LogP contribution is -1.93. The topological polar surface area (TPSA) is 70.9 Å². The summed E-state index contributed by atoms with van der Waals surface area (Å²) < 4.78 is 23.9. The number of hydrogen-bond acceptors (Lipinski definition) is 4. The van der Waals surface area contributed by atoms with Gasteiger partial charge >= 0.3 is 0 Å². The summed E-state index contributed by atoms with van der Waals surface area (Å²) in [7, 11) is 3.08. The highest BCUT2D eigenvalue weighted by molar-refractivity contribution is 5.91. The zero-order chi connectivity index (χ0) is 17.1. The first-order valence-corrected chi connectivity index (χ1v) is 7.14. The Labute approximate surface area is 138 Å². The van der Waals surface area contributed by atoms with E-state index in [4.69, 9.17) is 9.47 Å². The molecule has 0 bridgehead atoms. The first kappa shape index (κ1) is 15.6. The molecule has 1 aromatic heterocycles. The van der Waals surface area contributed by atoms with Gasteiger partial charge in [-0.3, -0.25) is 0 Å². The van der Waals surface area contributed by atoms with E-state index in [9.17, 15) is 9.65 Å². The Kier molecular flexibility index (Phi) is 4.17. The number of hydrogen-bond donors (Lipinski definition) is 1. The third-order valence-electron chi connectivity index (χ3n) is 3.55. The Morgan fingerprint density at radius 1 is 1.25 bits per heavy atom. The third-order valence-corrected chi connectivity index (χ3v) is 3.55. The smallest absolute Gasteiger partial charge is 0.167 e. The Bertz CT molecular complexity index is 970. The van der Waals surface area contributed by atoms with E-state index in [-0.39, 0.29) is 5.82 Å². The highest BCUT2D eigenvalue weighted by Gasteiger charge is 2.12. The minimum Gasteiger partial charge on any atom is -0.493 e. The van der Waals surface area contributed by atoms with Gasteiger partial charge in [-0.05, 0) is 30.3 Å². The number of nitrogens with zero attached hydrogens (tertiary/aromatic N) is 2. The quantitative estimate of drug-likeness (QED) is 0.742. The first-order chi connectivity index (χ1) is 11.7. The van der Waals surface area contributed by atoms with E-state index in [1.807, 2.05) is 0 Å². The SMILES string of the molecule is COc1cccc(/C=C(/C#N)c2nc3ccc(F)cc3[nH]2)c1OC. The molecule has 5 nitrogen and oxygen atoms in total. The second-order valence-electron chi connectivity index (χ2n) is 5.00. The van der Waals surface area contributed by atoms with Gasteiger partial charge in [0.1, 0.15) is 17.7 Å². The maximum absolute atomic E-state index is 13.3. The molecule has 0 atom stereocenters. The van der Waals surface area contributed by atoms with Crippen molar-refractivity contribution in [2.75, 3.05) is 14.2 Å². The van der Waals surface area contributed by atoms with Crippen LogP contribution < -0.4 is 9.47 Å². The fraction of sp³-hybridized carbons (Fsp3) is 0.111. The van der Waals surface area contributed by atoms with E-state index in [0.29, 0.717) is 39.5 Å². The number of allylic oxidation sites excluding steroid dienone is 1. The third kappa shape index (κ3) is 2.79. The molecule has 24 heavy (non-hydrogen) atoms. The standard InChI is InChI=1S/C18H14FN3O2/c1-23-16-5-3-4-11(17(16)24-2)8-12(10-20)18-21-14-7-6-13(19)9-15(14)22-18/h3-9H,1-2H3,(H,21,22)/b12-8-. The number of aromatic amines is 1. The number of nitriles is 1. The van der Waals surface area contributed by atoms with Crippen molar-refractivity contribution in [3.05, 3.63) is 53.6 Å². The minimum absolute atomic E-state index is 0.304. The number of ether oxygens (including phenoxy) is 2. The van der Waals surface area contributed by atoms with Gasteiger partial charge in [-0.1, -0.05) is 12.1 Å². The molecule has 0 spiro atoms. The van der Waals surface area contributed by atoms with Crippen LogP contribution in [0.1, 0.15) is 11.4 Å². The number of nitrogens with one attached hydrogen (secondary N) is 1. The molecule has 0 aliphatic rings. The lowest BCUT2D eigenvalue weighted by atomic mass is 10.1. The van der Waals surface area contributed by atoms with E-state index in [2.05, 4.69) is 16.0 Å². The zero-order valence-electron chi connectivity index (χ0n) is 13.1. The van der Waals surface area contributed by atoms with E-state index in [1.54, 1.807) is 37.5 Å². The van der Waals surface area contributed by atoms with Gasteiger partial charge in [-0.25, -0.2) is 9.37 Å². The fourth-order valence-electron chi connectivity index (χ4n) is 2.44. The van der Waals surface area contributed by atoms with Crippen molar-refractivity contribution < 1.29 is 13.9 Å². The molecule has 0 saturated heterocycles. The van der Waals surface area contributed by atoms with Gasteiger partial charge in [0, 0.05) is 5.56 Å². The Morgan fingerprint density at radius 3 is 2.79 bits per heavy atom. The zero-order valence-corrected chi connectivity index (χ0v) is 13.1. The molecule has 0 aliphatic heterocycles. The van der Waals surface area contributed by atoms with E-state index in [0.717, 1.165) is 0 Å². The number of aromatic nitrogens is 2. The van der Waals surface area contributed by atoms with Gasteiger partial charge in [-0.15, -0.1) is 0 Å². The summed E-state index contributed by atoms with van der Waals surface area (Å²) in [5.74, 6) is 1.09. The van der Waals surface area contributed by atoms with E-state index in [1.165, 1.54) is 19.2 Å². The summed E-state index contributed by atoms with van der Waals surface area (Å²) in [5, 5.41) is 9.49. The number of fused-ring (bicyclic) bond motifs is 1. The largest absolute Gasteiger partial charge is 0.493 e. The van der Waals surface area contributed by atoms with Crippen molar-refractivity contribution in [2.24, 2.45) is 0 Å². The molecule has 6 heteroatoms. The normalized spacial score (nSPS) is 11.3. The molecule has 0 radical (unpaired) electrons. The summed E-state index contributed by atoms with van der Waals surface area (Å²) in [4.78, 5) is 7.29. The van der Waals surface area contributed by atoms with Gasteiger partial charge in [-0.2, -0.15) is 5.26 Å². The van der Waals surface area contributed by atoms with Crippen LogP contribution in [0.3, 0.4) is 0 Å². The number of rotatable bonds is 4. The van der Waals surface area contributed by atoms with Gasteiger partial charge in [0.05, 0.1) is 30.8 Å². The summed E-state index contributed by atoms with van der Waals surface area (Å²) in [5.41, 5.74) is 2.10. The molecule has 2 aromatic carbocycles. The molecule has 0 unspecified atom stereocenters. The number of H-pyrrole nitrogens is 1. The lowest BCUT2D eigenvalue weighted by Gasteiger charge is -2.10. The molecule has 0 amide bonds. The van der Waals surface area contributed by atoms with Crippen molar-refractivity contribution >= 4 is 22.7 Å². The molecule has 1 heterocycles. The van der Waals surface area contributed by atoms with Gasteiger partial charge in [0.15, 0.2) is 11.5 Å². The van der Waals surface area contributed by atoms with Crippen LogP contribution in [0.15, 0.2) is 36.4 Å². The highest BCUT2D eigenvalue weighted by atomic mass is 19.1. The van der Waals surface area contributed by atoms with Crippen molar-refractivity contribution in [2.45, 2.75) is 0 Å². The van der Waals surface area contributed by atoms with Crippen LogP contribution in [0.25, 0.3) is 22.7 Å². The number of imidazole rings is 1. The Morgan fingerprint density at radius 2 is 2.08 bits per heavy atom. The van der Waals surface area contributed by atoms with Crippen LogP contribution in [-0.4, -0.2) is 24.2 Å². The molecule has 3 aromatic rings. The van der Waals surface area contributed by atoms with Crippen LogP contribution in [0.4, 0.5) is 4.39 Å². The van der Waals surface area contributed by atoms with Gasteiger partial charge < -0.3 is 14.5 Å². The molecule has 120 valence electrons. The summed E-state index contributed by atoms with van der Waals surface area (Å²) in [6.45, 7) is 0. The minimum atomic E-state index is -0.366. The lowest BCUT2D eigenvalue weighted by molar-refractivity contribution is 0.354. The Balaban J connectivity index is 2.11. The van der Waals surface area contributed by atoms with Crippen molar-refractivity contribution in [3.8, 4) is 17.6 Å². The second kappa shape index (κ2) is 6.42. The molecular weight excluding hydrogens is 309 g/mol. The average Bonchev–Trinajstić information content (AvgIpc) is 3.01. The van der Waals surface area contributed by atoms with Crippen molar-refractivity contribution in [1.29, 1.82) is 5.26 Å². The molecule has 3 rings (SSSR count). The molecule has 0 aliphatic carbocycles. The van der Waals surface area contributed by atoms with Crippen LogP contribution >= 0.6 is 0 Å². The molecular formula is C18H14FN3O2. The first-order valence-electron chi connectivity index (χ1n) is 7.14. The number of halogens is 1. The molecule has 0 saturated carbocycles. The summed E-state index contributed by atoms with van der Waals surface area (Å²) in [6.07, 6.45) is 1.65. The maximum atomic E-state index is 13.3. The van der Waals surface area contributed by atoms with Gasteiger partial charge in [0.25, 0.3) is 0 Å². The number of para-hydroxylation sites is 1. The highest BCUT2D eigenvalue weighted by Crippen LogP contribution is 2.33. The average molecular weight is 323 g/mol. The number of benzene rings is 2. The fourth-order valence-corrected chi connectivity index (χ4v) is 2.44. The van der Waals surface area contributed by atoms with Crippen molar-refractivity contribution in [3.63, 3.8) is 0 Å². The van der Waals surface area contributed by atoms with Crippen LogP contribution in [-0.2, 0) is 0 Å². The molecule has 1 N–H and O–H groups in total. The summed E-state index contributed by atoms with van der Waals surface area (Å²) in [6, 6.07) is 11.7. The van der Waals surface area contributed by atoms with E-state index >= 15 is 0 Å². The van der Waals surface area contributed by atoms with Gasteiger partial charge in [0.2, 0.25) is 0 Å². The Hall–Kier alpha value is -3.33.